The zero-order valence-corrected chi connectivity index (χ0v) is 12.1. The van der Waals surface area contributed by atoms with Crippen LogP contribution in [0.2, 0.25) is 0 Å². The number of halogens is 1. The second-order valence-corrected chi connectivity index (χ2v) is 3.52. The van der Waals surface area contributed by atoms with Crippen molar-refractivity contribution in [2.24, 2.45) is 10.7 Å². The molecule has 1 aromatic carbocycles. The molecule has 0 aliphatic carbocycles. The van der Waals surface area contributed by atoms with Crippen LogP contribution in [0.15, 0.2) is 29.3 Å². The van der Waals surface area contributed by atoms with Crippen molar-refractivity contribution >= 4 is 22.9 Å². The first-order valence-corrected chi connectivity index (χ1v) is 5.54. The Hall–Kier alpha value is -1.27. The summed E-state index contributed by atoms with van der Waals surface area (Å²) < 4.78 is 5.08. The molecule has 102 valence electrons. The van der Waals surface area contributed by atoms with E-state index < -0.39 is 0 Å². The van der Waals surface area contributed by atoms with E-state index in [-0.39, 0.29) is 23.6 Å². The summed E-state index contributed by atoms with van der Waals surface area (Å²) in [5.41, 5.74) is 6.78. The fourth-order valence-corrected chi connectivity index (χ4v) is 1.35. The fourth-order valence-electron chi connectivity index (χ4n) is 1.35. The number of rotatable bonds is 6. The van der Waals surface area contributed by atoms with E-state index >= 15 is 0 Å². The molecule has 1 aromatic rings. The highest BCUT2D eigenvalue weighted by Crippen LogP contribution is 2.11. The molecule has 0 unspecified atom stereocenters. The van der Waals surface area contributed by atoms with Gasteiger partial charge in [0.25, 0.3) is 0 Å². The largest absolute Gasteiger partial charge is 0.497 e. The van der Waals surface area contributed by atoms with Gasteiger partial charge in [-0.1, -0.05) is 12.1 Å². The number of ether oxygens (including phenoxy) is 1. The van der Waals surface area contributed by atoms with Gasteiger partial charge in [-0.05, 0) is 24.1 Å². The van der Waals surface area contributed by atoms with Gasteiger partial charge in [0.2, 0.25) is 0 Å². The standard InChI is InChI=1S/C12H19N3O2.BrH/c1-17-11-4-2-10(3-5-11)6-7-14-12(13)15-8-9-16;/h2-5,16H,6-9H2,1H3,(H3,13,14,15);1H. The quantitative estimate of drug-likeness (QED) is 0.533. The lowest BCUT2D eigenvalue weighted by molar-refractivity contribution is 0.306. The Morgan fingerprint density at radius 2 is 2.06 bits per heavy atom. The number of nitrogens with zero attached hydrogens (tertiary/aromatic N) is 1. The maximum atomic E-state index is 8.57. The molecule has 0 spiro atoms. The highest BCUT2D eigenvalue weighted by Gasteiger charge is 1.95. The Kier molecular flexibility index (Phi) is 9.04. The number of nitrogens with two attached hydrogens (primary N) is 1. The molecule has 6 heteroatoms. The number of aliphatic hydroxyl groups excluding tert-OH is 1. The third-order valence-corrected chi connectivity index (χ3v) is 2.26. The van der Waals surface area contributed by atoms with Crippen molar-refractivity contribution in [1.82, 2.24) is 5.32 Å². The number of guanidine groups is 1. The monoisotopic (exact) mass is 317 g/mol. The van der Waals surface area contributed by atoms with Gasteiger partial charge >= 0.3 is 0 Å². The van der Waals surface area contributed by atoms with Crippen LogP contribution in [0.3, 0.4) is 0 Å². The maximum Gasteiger partial charge on any atom is 0.188 e. The molecular formula is C12H20BrN3O2. The summed E-state index contributed by atoms with van der Waals surface area (Å²) in [6, 6.07) is 7.89. The van der Waals surface area contributed by atoms with Gasteiger partial charge in [0.05, 0.1) is 20.3 Å². The lowest BCUT2D eigenvalue weighted by Crippen LogP contribution is -2.33. The third kappa shape index (κ3) is 6.46. The van der Waals surface area contributed by atoms with Gasteiger partial charge < -0.3 is 20.9 Å². The van der Waals surface area contributed by atoms with E-state index in [0.717, 1.165) is 12.2 Å². The van der Waals surface area contributed by atoms with Crippen LogP contribution in [-0.4, -0.2) is 37.9 Å². The van der Waals surface area contributed by atoms with Gasteiger partial charge in [0.1, 0.15) is 5.75 Å². The zero-order chi connectivity index (χ0) is 12.5. The third-order valence-electron chi connectivity index (χ3n) is 2.26. The smallest absolute Gasteiger partial charge is 0.188 e. The van der Waals surface area contributed by atoms with Crippen molar-refractivity contribution in [2.45, 2.75) is 6.42 Å². The minimum Gasteiger partial charge on any atom is -0.497 e. The highest BCUT2D eigenvalue weighted by atomic mass is 79.9. The number of aliphatic hydroxyl groups is 1. The van der Waals surface area contributed by atoms with Crippen molar-refractivity contribution in [1.29, 1.82) is 0 Å². The molecule has 0 bridgehead atoms. The van der Waals surface area contributed by atoms with E-state index in [2.05, 4.69) is 10.3 Å². The first kappa shape index (κ1) is 16.7. The molecule has 0 aromatic heterocycles. The average molecular weight is 318 g/mol. The first-order chi connectivity index (χ1) is 8.26. The van der Waals surface area contributed by atoms with E-state index in [1.165, 1.54) is 5.56 Å². The van der Waals surface area contributed by atoms with Gasteiger partial charge in [-0.25, -0.2) is 0 Å². The fraction of sp³-hybridized carbons (Fsp3) is 0.417. The predicted octanol–water partition coefficient (Wildman–Crippen LogP) is 0.712. The molecular weight excluding hydrogens is 298 g/mol. The molecule has 0 atom stereocenters. The van der Waals surface area contributed by atoms with Gasteiger partial charge in [-0.2, -0.15) is 0 Å². The molecule has 0 saturated carbocycles. The molecule has 0 radical (unpaired) electrons. The number of hydrogen-bond acceptors (Lipinski definition) is 3. The Labute approximate surface area is 118 Å². The average Bonchev–Trinajstić information content (AvgIpc) is 2.37. The van der Waals surface area contributed by atoms with Gasteiger partial charge in [0.15, 0.2) is 5.96 Å². The van der Waals surface area contributed by atoms with Gasteiger partial charge in [-0.3, -0.25) is 4.99 Å². The molecule has 0 aliphatic heterocycles. The molecule has 1 rings (SSSR count). The molecule has 0 heterocycles. The topological polar surface area (TPSA) is 79.9 Å². The number of aliphatic imine (C=N–C) groups is 1. The van der Waals surface area contributed by atoms with Crippen LogP contribution in [0.4, 0.5) is 0 Å². The van der Waals surface area contributed by atoms with Crippen LogP contribution >= 0.6 is 17.0 Å². The number of hydrogen-bond donors (Lipinski definition) is 3. The van der Waals surface area contributed by atoms with E-state index in [0.29, 0.717) is 19.0 Å². The number of nitrogens with one attached hydrogen (secondary N) is 1. The maximum absolute atomic E-state index is 8.57. The molecule has 18 heavy (non-hydrogen) atoms. The summed E-state index contributed by atoms with van der Waals surface area (Å²) >= 11 is 0. The predicted molar refractivity (Wildman–Crippen MR) is 78.6 cm³/mol. The molecule has 0 saturated heterocycles. The normalized spacial score (nSPS) is 10.7. The van der Waals surface area contributed by atoms with Crippen molar-refractivity contribution in [3.8, 4) is 5.75 Å². The molecule has 0 amide bonds. The molecule has 4 N–H and O–H groups in total. The van der Waals surface area contributed by atoms with Crippen LogP contribution in [-0.2, 0) is 6.42 Å². The van der Waals surface area contributed by atoms with Crippen LogP contribution in [0.1, 0.15) is 5.56 Å². The van der Waals surface area contributed by atoms with E-state index in [1.54, 1.807) is 7.11 Å². The van der Waals surface area contributed by atoms with Crippen LogP contribution in [0.5, 0.6) is 5.75 Å². The Morgan fingerprint density at radius 3 is 2.61 bits per heavy atom. The first-order valence-electron chi connectivity index (χ1n) is 5.54. The number of methoxy groups -OCH3 is 1. The van der Waals surface area contributed by atoms with Crippen molar-refractivity contribution in [3.05, 3.63) is 29.8 Å². The summed E-state index contributed by atoms with van der Waals surface area (Å²) in [5, 5.41) is 11.5. The highest BCUT2D eigenvalue weighted by molar-refractivity contribution is 8.93. The van der Waals surface area contributed by atoms with E-state index in [1.807, 2.05) is 24.3 Å². The molecule has 5 nitrogen and oxygen atoms in total. The molecule has 0 aliphatic rings. The Bertz CT molecular complexity index is 355. The summed E-state index contributed by atoms with van der Waals surface area (Å²) in [6.45, 7) is 1.06. The lowest BCUT2D eigenvalue weighted by Gasteiger charge is -2.06. The van der Waals surface area contributed by atoms with E-state index in [9.17, 15) is 0 Å². The van der Waals surface area contributed by atoms with E-state index in [4.69, 9.17) is 15.6 Å². The van der Waals surface area contributed by atoms with Gasteiger partial charge in [-0.15, -0.1) is 17.0 Å². The molecule has 0 fully saturated rings. The summed E-state index contributed by atoms with van der Waals surface area (Å²) in [7, 11) is 1.65. The van der Waals surface area contributed by atoms with Crippen molar-refractivity contribution < 1.29 is 9.84 Å². The second-order valence-electron chi connectivity index (χ2n) is 3.52. The van der Waals surface area contributed by atoms with Crippen LogP contribution in [0, 0.1) is 0 Å². The zero-order valence-electron chi connectivity index (χ0n) is 10.4. The van der Waals surface area contributed by atoms with Crippen molar-refractivity contribution in [2.75, 3.05) is 26.8 Å². The SMILES string of the molecule is Br.COc1ccc(CCNC(N)=NCCO)cc1. The van der Waals surface area contributed by atoms with Gasteiger partial charge in [0, 0.05) is 6.54 Å². The Balaban J connectivity index is 0.00000289. The Morgan fingerprint density at radius 1 is 1.39 bits per heavy atom. The summed E-state index contributed by atoms with van der Waals surface area (Å²) in [4.78, 5) is 3.91. The summed E-state index contributed by atoms with van der Waals surface area (Å²) in [6.07, 6.45) is 0.860. The lowest BCUT2D eigenvalue weighted by atomic mass is 10.1. The van der Waals surface area contributed by atoms with Crippen LogP contribution < -0.4 is 15.8 Å². The second kappa shape index (κ2) is 9.73. The minimum absolute atomic E-state index is 0. The minimum atomic E-state index is 0. The number of benzene rings is 1. The van der Waals surface area contributed by atoms with Crippen molar-refractivity contribution in [3.63, 3.8) is 0 Å². The van der Waals surface area contributed by atoms with Crippen LogP contribution in [0.25, 0.3) is 0 Å². The summed E-state index contributed by atoms with van der Waals surface area (Å²) in [5.74, 6) is 1.22.